The fourth-order valence-electron chi connectivity index (χ4n) is 2.09. The summed E-state index contributed by atoms with van der Waals surface area (Å²) in [5.74, 6) is -0.0490. The number of methoxy groups -OCH3 is 1. The molecular formula is C12H24N2O3. The van der Waals surface area contributed by atoms with Crippen LogP contribution >= 0.6 is 0 Å². The van der Waals surface area contributed by atoms with E-state index in [0.717, 1.165) is 32.1 Å². The maximum Gasteiger partial charge on any atom is 0.234 e. The molecule has 0 bridgehead atoms. The number of rotatable bonds is 6. The van der Waals surface area contributed by atoms with Crippen LogP contribution in [-0.4, -0.2) is 50.0 Å². The SMILES string of the molecule is COCCNCC(=O)NC1CCCCCC1O. The molecule has 0 spiro atoms. The largest absolute Gasteiger partial charge is 0.391 e. The predicted molar refractivity (Wildman–Crippen MR) is 65.8 cm³/mol. The maximum absolute atomic E-state index is 11.6. The average molecular weight is 244 g/mol. The van der Waals surface area contributed by atoms with Crippen LogP contribution in [0.1, 0.15) is 32.1 Å². The van der Waals surface area contributed by atoms with Gasteiger partial charge in [0.2, 0.25) is 5.91 Å². The van der Waals surface area contributed by atoms with E-state index in [4.69, 9.17) is 4.74 Å². The van der Waals surface area contributed by atoms with Gasteiger partial charge in [0.15, 0.2) is 0 Å². The van der Waals surface area contributed by atoms with Gasteiger partial charge in [-0.15, -0.1) is 0 Å². The summed E-state index contributed by atoms with van der Waals surface area (Å²) >= 11 is 0. The zero-order valence-corrected chi connectivity index (χ0v) is 10.6. The standard InChI is InChI=1S/C12H24N2O3/c1-17-8-7-13-9-12(16)14-10-5-3-2-4-6-11(10)15/h10-11,13,15H,2-9H2,1H3,(H,14,16). The molecule has 0 aliphatic heterocycles. The van der Waals surface area contributed by atoms with Crippen LogP contribution in [0, 0.1) is 0 Å². The van der Waals surface area contributed by atoms with Gasteiger partial charge in [0.25, 0.3) is 0 Å². The lowest BCUT2D eigenvalue weighted by Crippen LogP contribution is -2.46. The number of hydrogen-bond acceptors (Lipinski definition) is 4. The third-order valence-corrected chi connectivity index (χ3v) is 3.09. The highest BCUT2D eigenvalue weighted by Gasteiger charge is 2.22. The molecule has 0 aromatic heterocycles. The van der Waals surface area contributed by atoms with Gasteiger partial charge in [0.05, 0.1) is 25.3 Å². The summed E-state index contributed by atoms with van der Waals surface area (Å²) in [6.45, 7) is 1.54. The summed E-state index contributed by atoms with van der Waals surface area (Å²) in [7, 11) is 1.63. The van der Waals surface area contributed by atoms with Crippen LogP contribution in [0.2, 0.25) is 0 Å². The van der Waals surface area contributed by atoms with E-state index in [1.54, 1.807) is 7.11 Å². The third kappa shape index (κ3) is 6.00. The van der Waals surface area contributed by atoms with Crippen molar-refractivity contribution in [2.75, 3.05) is 26.8 Å². The summed E-state index contributed by atoms with van der Waals surface area (Å²) in [5.41, 5.74) is 0. The summed E-state index contributed by atoms with van der Waals surface area (Å²) < 4.78 is 4.87. The number of ether oxygens (including phenoxy) is 1. The van der Waals surface area contributed by atoms with Crippen LogP contribution < -0.4 is 10.6 Å². The van der Waals surface area contributed by atoms with Crippen molar-refractivity contribution in [3.63, 3.8) is 0 Å². The zero-order chi connectivity index (χ0) is 12.5. The molecule has 1 amide bonds. The second-order valence-electron chi connectivity index (χ2n) is 4.55. The van der Waals surface area contributed by atoms with Crippen LogP contribution in [0.3, 0.4) is 0 Å². The fraction of sp³-hybridized carbons (Fsp3) is 0.917. The van der Waals surface area contributed by atoms with Gasteiger partial charge in [0, 0.05) is 13.7 Å². The van der Waals surface area contributed by atoms with Crippen LogP contribution in [-0.2, 0) is 9.53 Å². The summed E-state index contributed by atoms with van der Waals surface area (Å²) in [6, 6.07) is -0.0748. The molecule has 17 heavy (non-hydrogen) atoms. The van der Waals surface area contributed by atoms with Crippen molar-refractivity contribution in [3.8, 4) is 0 Å². The van der Waals surface area contributed by atoms with Crippen molar-refractivity contribution in [2.24, 2.45) is 0 Å². The monoisotopic (exact) mass is 244 g/mol. The van der Waals surface area contributed by atoms with Gasteiger partial charge in [-0.1, -0.05) is 19.3 Å². The first kappa shape index (κ1) is 14.4. The van der Waals surface area contributed by atoms with Crippen LogP contribution in [0.25, 0.3) is 0 Å². The molecule has 0 aromatic rings. The van der Waals surface area contributed by atoms with Crippen molar-refractivity contribution in [2.45, 2.75) is 44.2 Å². The highest BCUT2D eigenvalue weighted by atomic mass is 16.5. The Morgan fingerprint density at radius 2 is 2.12 bits per heavy atom. The molecule has 0 heterocycles. The van der Waals surface area contributed by atoms with E-state index in [1.165, 1.54) is 0 Å². The van der Waals surface area contributed by atoms with Crippen molar-refractivity contribution in [1.29, 1.82) is 0 Å². The van der Waals surface area contributed by atoms with E-state index in [1.807, 2.05) is 0 Å². The number of nitrogens with one attached hydrogen (secondary N) is 2. The van der Waals surface area contributed by atoms with Crippen molar-refractivity contribution < 1.29 is 14.6 Å². The lowest BCUT2D eigenvalue weighted by molar-refractivity contribution is -0.121. The molecule has 2 unspecified atom stereocenters. The Hall–Kier alpha value is -0.650. The number of carbonyl (C=O) groups excluding carboxylic acids is 1. The topological polar surface area (TPSA) is 70.6 Å². The van der Waals surface area contributed by atoms with Gasteiger partial charge < -0.3 is 20.5 Å². The quantitative estimate of drug-likeness (QED) is 0.455. The zero-order valence-electron chi connectivity index (χ0n) is 10.6. The van der Waals surface area contributed by atoms with Gasteiger partial charge in [-0.2, -0.15) is 0 Å². The van der Waals surface area contributed by atoms with E-state index < -0.39 is 0 Å². The number of carbonyl (C=O) groups is 1. The fourth-order valence-corrected chi connectivity index (χ4v) is 2.09. The Bertz CT molecular complexity index is 224. The van der Waals surface area contributed by atoms with Crippen molar-refractivity contribution in [1.82, 2.24) is 10.6 Å². The van der Waals surface area contributed by atoms with Crippen LogP contribution in [0.15, 0.2) is 0 Å². The smallest absolute Gasteiger partial charge is 0.234 e. The normalized spacial score (nSPS) is 25.3. The first-order chi connectivity index (χ1) is 8.24. The predicted octanol–water partition coefficient (Wildman–Crippen LogP) is 0.0322. The molecule has 3 N–H and O–H groups in total. The lowest BCUT2D eigenvalue weighted by Gasteiger charge is -2.21. The summed E-state index contributed by atoms with van der Waals surface area (Å²) in [4.78, 5) is 11.6. The van der Waals surface area contributed by atoms with E-state index in [9.17, 15) is 9.90 Å². The van der Waals surface area contributed by atoms with Gasteiger partial charge in [-0.25, -0.2) is 0 Å². The molecule has 100 valence electrons. The first-order valence-electron chi connectivity index (χ1n) is 6.41. The summed E-state index contributed by atoms with van der Waals surface area (Å²) in [5, 5.41) is 15.7. The molecule has 1 aliphatic carbocycles. The Morgan fingerprint density at radius 3 is 2.88 bits per heavy atom. The molecule has 1 rings (SSSR count). The van der Waals surface area contributed by atoms with Gasteiger partial charge in [-0.05, 0) is 12.8 Å². The molecule has 0 saturated heterocycles. The lowest BCUT2D eigenvalue weighted by atomic mass is 10.1. The molecule has 0 radical (unpaired) electrons. The molecule has 0 aromatic carbocycles. The average Bonchev–Trinajstić information content (AvgIpc) is 2.51. The number of amides is 1. The van der Waals surface area contributed by atoms with Crippen LogP contribution in [0.5, 0.6) is 0 Å². The molecule has 1 saturated carbocycles. The highest BCUT2D eigenvalue weighted by molar-refractivity contribution is 5.78. The number of aliphatic hydroxyl groups excluding tert-OH is 1. The van der Waals surface area contributed by atoms with E-state index in [-0.39, 0.29) is 24.6 Å². The Kier molecular flexibility index (Phi) is 7.16. The molecular weight excluding hydrogens is 220 g/mol. The minimum absolute atomic E-state index is 0.0490. The Balaban J connectivity index is 2.19. The minimum Gasteiger partial charge on any atom is -0.391 e. The van der Waals surface area contributed by atoms with Gasteiger partial charge in [-0.3, -0.25) is 4.79 Å². The van der Waals surface area contributed by atoms with Gasteiger partial charge >= 0.3 is 0 Å². The molecule has 1 aliphatic rings. The van der Waals surface area contributed by atoms with Crippen LogP contribution in [0.4, 0.5) is 0 Å². The number of hydrogen-bond donors (Lipinski definition) is 3. The van der Waals surface area contributed by atoms with Crippen molar-refractivity contribution >= 4 is 5.91 Å². The second-order valence-corrected chi connectivity index (χ2v) is 4.55. The van der Waals surface area contributed by atoms with E-state index >= 15 is 0 Å². The van der Waals surface area contributed by atoms with E-state index in [0.29, 0.717) is 13.2 Å². The Labute approximate surface area is 103 Å². The van der Waals surface area contributed by atoms with Crippen molar-refractivity contribution in [3.05, 3.63) is 0 Å². The second kappa shape index (κ2) is 8.44. The summed E-state index contributed by atoms with van der Waals surface area (Å²) in [6.07, 6.45) is 4.57. The maximum atomic E-state index is 11.6. The van der Waals surface area contributed by atoms with E-state index in [2.05, 4.69) is 10.6 Å². The molecule has 5 heteroatoms. The first-order valence-corrected chi connectivity index (χ1v) is 6.41. The minimum atomic E-state index is -0.388. The highest BCUT2D eigenvalue weighted by Crippen LogP contribution is 2.17. The molecule has 2 atom stereocenters. The molecule has 1 fully saturated rings. The number of aliphatic hydroxyl groups is 1. The Morgan fingerprint density at radius 1 is 1.35 bits per heavy atom. The molecule has 5 nitrogen and oxygen atoms in total. The van der Waals surface area contributed by atoms with Gasteiger partial charge in [0.1, 0.15) is 0 Å². The third-order valence-electron chi connectivity index (χ3n) is 3.09.